The number of rotatable bonds is 3. The summed E-state index contributed by atoms with van der Waals surface area (Å²) in [5, 5.41) is -2.60. The van der Waals surface area contributed by atoms with Crippen molar-refractivity contribution in [2.75, 3.05) is 7.11 Å². The lowest BCUT2D eigenvalue weighted by Crippen LogP contribution is -2.37. The Bertz CT molecular complexity index is 672. The SMILES string of the molecule is COP1(=O)OC(C)(P(=O)(O)O)C(C)C1(C)c1ccc(Cl)cc1. The van der Waals surface area contributed by atoms with Gasteiger partial charge in [-0.05, 0) is 31.5 Å². The van der Waals surface area contributed by atoms with Crippen LogP contribution < -0.4 is 0 Å². The van der Waals surface area contributed by atoms with E-state index in [4.69, 9.17) is 20.6 Å². The van der Waals surface area contributed by atoms with E-state index < -0.39 is 31.6 Å². The predicted octanol–water partition coefficient (Wildman–Crippen LogP) is 3.95. The molecule has 22 heavy (non-hydrogen) atoms. The molecule has 0 aromatic heterocycles. The Morgan fingerprint density at radius 1 is 1.32 bits per heavy atom. The third-order valence-corrected chi connectivity index (χ3v) is 9.68. The molecule has 4 atom stereocenters. The molecule has 0 saturated carbocycles. The molecule has 2 rings (SSSR count). The van der Waals surface area contributed by atoms with Crippen molar-refractivity contribution in [1.29, 1.82) is 0 Å². The van der Waals surface area contributed by atoms with Crippen LogP contribution in [0.15, 0.2) is 24.3 Å². The summed E-state index contributed by atoms with van der Waals surface area (Å²) in [6.45, 7) is 4.50. The molecule has 1 aromatic rings. The van der Waals surface area contributed by atoms with Crippen LogP contribution in [0.1, 0.15) is 26.3 Å². The van der Waals surface area contributed by atoms with E-state index in [0.29, 0.717) is 10.6 Å². The summed E-state index contributed by atoms with van der Waals surface area (Å²) < 4.78 is 35.6. The van der Waals surface area contributed by atoms with Gasteiger partial charge in [-0.1, -0.05) is 30.7 Å². The van der Waals surface area contributed by atoms with Gasteiger partial charge >= 0.3 is 15.2 Å². The van der Waals surface area contributed by atoms with Crippen molar-refractivity contribution in [3.05, 3.63) is 34.9 Å². The summed E-state index contributed by atoms with van der Waals surface area (Å²) in [4.78, 5) is 19.4. The highest BCUT2D eigenvalue weighted by Gasteiger charge is 2.71. The van der Waals surface area contributed by atoms with E-state index in [-0.39, 0.29) is 0 Å². The van der Waals surface area contributed by atoms with E-state index in [1.54, 1.807) is 38.1 Å². The molecule has 6 nitrogen and oxygen atoms in total. The van der Waals surface area contributed by atoms with Crippen molar-refractivity contribution in [3.8, 4) is 0 Å². The predicted molar refractivity (Wildman–Crippen MR) is 84.1 cm³/mol. The molecule has 0 aliphatic carbocycles. The van der Waals surface area contributed by atoms with Crippen molar-refractivity contribution in [2.24, 2.45) is 5.92 Å². The van der Waals surface area contributed by atoms with Crippen LogP contribution in [0.4, 0.5) is 0 Å². The first-order valence-electron chi connectivity index (χ1n) is 6.60. The fourth-order valence-electron chi connectivity index (χ4n) is 2.90. The molecule has 1 heterocycles. The van der Waals surface area contributed by atoms with Crippen molar-refractivity contribution in [1.82, 2.24) is 0 Å². The highest BCUT2D eigenvalue weighted by Crippen LogP contribution is 2.81. The third-order valence-electron chi connectivity index (χ3n) is 4.77. The lowest BCUT2D eigenvalue weighted by Gasteiger charge is -2.34. The molecular weight excluding hydrogens is 350 g/mol. The molecule has 0 spiro atoms. The molecule has 1 aliphatic heterocycles. The van der Waals surface area contributed by atoms with Gasteiger partial charge in [0.1, 0.15) is 5.16 Å². The topological polar surface area (TPSA) is 93.1 Å². The molecule has 1 saturated heterocycles. The quantitative estimate of drug-likeness (QED) is 0.784. The van der Waals surface area contributed by atoms with Gasteiger partial charge in [-0.25, -0.2) is 0 Å². The van der Waals surface area contributed by atoms with Crippen molar-refractivity contribution < 1.29 is 28.0 Å². The summed E-state index contributed by atoms with van der Waals surface area (Å²) in [5.74, 6) is -0.757. The maximum atomic E-state index is 13.2. The Morgan fingerprint density at radius 2 is 1.82 bits per heavy atom. The first-order chi connectivity index (χ1) is 9.92. The van der Waals surface area contributed by atoms with Crippen LogP contribution in [0.3, 0.4) is 0 Å². The zero-order valence-electron chi connectivity index (χ0n) is 12.7. The van der Waals surface area contributed by atoms with Crippen molar-refractivity contribution in [3.63, 3.8) is 0 Å². The van der Waals surface area contributed by atoms with Crippen LogP contribution in [-0.4, -0.2) is 22.2 Å². The second kappa shape index (κ2) is 5.42. The summed E-state index contributed by atoms with van der Waals surface area (Å²) in [5.41, 5.74) is 0.590. The first kappa shape index (κ1) is 18.2. The molecule has 124 valence electrons. The average Bonchev–Trinajstić information content (AvgIpc) is 2.60. The Balaban J connectivity index is 2.69. The number of benzene rings is 1. The fraction of sp³-hybridized carbons (Fsp3) is 0.538. The zero-order valence-corrected chi connectivity index (χ0v) is 15.2. The molecule has 0 bridgehead atoms. The monoisotopic (exact) mass is 368 g/mol. The van der Waals surface area contributed by atoms with E-state index in [0.717, 1.165) is 0 Å². The van der Waals surface area contributed by atoms with E-state index in [1.165, 1.54) is 14.0 Å². The maximum Gasteiger partial charge on any atom is 0.357 e. The summed E-state index contributed by atoms with van der Waals surface area (Å²) >= 11 is 5.88. The largest absolute Gasteiger partial charge is 0.357 e. The lowest BCUT2D eigenvalue weighted by molar-refractivity contribution is 0.102. The molecule has 1 aliphatic rings. The highest BCUT2D eigenvalue weighted by atomic mass is 35.5. The first-order valence-corrected chi connectivity index (χ1v) is 10.1. The Hall–Kier alpha value is -0.190. The molecule has 0 radical (unpaired) electrons. The summed E-state index contributed by atoms with van der Waals surface area (Å²) in [6, 6.07) is 6.59. The van der Waals surface area contributed by atoms with Gasteiger partial charge in [0.25, 0.3) is 0 Å². The molecule has 1 fully saturated rings. The number of halogens is 1. The Morgan fingerprint density at radius 3 is 2.23 bits per heavy atom. The van der Waals surface area contributed by atoms with Gasteiger partial charge in [-0.2, -0.15) is 0 Å². The minimum atomic E-state index is -4.68. The van der Waals surface area contributed by atoms with Gasteiger partial charge in [0.2, 0.25) is 0 Å². The van der Waals surface area contributed by atoms with Crippen LogP contribution in [0.2, 0.25) is 5.02 Å². The smallest absolute Gasteiger partial charge is 0.322 e. The van der Waals surface area contributed by atoms with Gasteiger partial charge < -0.3 is 14.3 Å². The van der Waals surface area contributed by atoms with Crippen LogP contribution in [0, 0.1) is 5.92 Å². The Kier molecular flexibility index (Phi) is 4.47. The van der Waals surface area contributed by atoms with E-state index in [1.807, 2.05) is 0 Å². The van der Waals surface area contributed by atoms with Crippen LogP contribution >= 0.6 is 26.8 Å². The van der Waals surface area contributed by atoms with E-state index >= 15 is 0 Å². The second-order valence-electron chi connectivity index (χ2n) is 5.75. The summed E-state index contributed by atoms with van der Waals surface area (Å²) in [7, 11) is -7.29. The minimum absolute atomic E-state index is 0.504. The highest BCUT2D eigenvalue weighted by molar-refractivity contribution is 7.59. The van der Waals surface area contributed by atoms with Crippen LogP contribution in [0.5, 0.6) is 0 Å². The van der Waals surface area contributed by atoms with Gasteiger partial charge in [-0.3, -0.25) is 13.7 Å². The zero-order chi connectivity index (χ0) is 17.0. The van der Waals surface area contributed by atoms with Gasteiger partial charge in [0, 0.05) is 18.1 Å². The molecule has 4 unspecified atom stereocenters. The molecule has 2 N–H and O–H groups in total. The van der Waals surface area contributed by atoms with Crippen LogP contribution in [-0.2, 0) is 23.3 Å². The second-order valence-corrected chi connectivity index (χ2v) is 10.6. The van der Waals surface area contributed by atoms with Gasteiger partial charge in [0.05, 0.1) is 0 Å². The van der Waals surface area contributed by atoms with E-state index in [2.05, 4.69) is 0 Å². The number of hydrogen-bond donors (Lipinski definition) is 2. The Labute approximate surface area is 134 Å². The molecular formula is C13H19ClO6P2. The minimum Gasteiger partial charge on any atom is -0.322 e. The standard InChI is InChI=1S/C13H19ClO6P2/c1-9-12(2,10-5-7-11(14)8-6-10)22(18,19-4)20-13(9,3)21(15,16)17/h5-9H,1-4H3,(H2,15,16,17). The summed E-state index contributed by atoms with van der Waals surface area (Å²) in [6.07, 6.45) is 0. The normalized spacial score (nSPS) is 39.1. The molecule has 0 amide bonds. The van der Waals surface area contributed by atoms with E-state index in [9.17, 15) is 18.9 Å². The lowest BCUT2D eigenvalue weighted by atomic mass is 9.84. The average molecular weight is 369 g/mol. The van der Waals surface area contributed by atoms with Crippen molar-refractivity contribution in [2.45, 2.75) is 31.3 Å². The number of hydrogen-bond acceptors (Lipinski definition) is 4. The van der Waals surface area contributed by atoms with Crippen molar-refractivity contribution >= 4 is 26.8 Å². The van der Waals surface area contributed by atoms with Crippen LogP contribution in [0.25, 0.3) is 0 Å². The fourth-order valence-corrected chi connectivity index (χ4v) is 7.12. The third kappa shape index (κ3) is 2.33. The van der Waals surface area contributed by atoms with Gasteiger partial charge in [0.15, 0.2) is 5.34 Å². The molecule has 9 heteroatoms. The van der Waals surface area contributed by atoms with Gasteiger partial charge in [-0.15, -0.1) is 0 Å². The maximum absolute atomic E-state index is 13.2. The molecule has 1 aromatic carbocycles.